The Morgan fingerprint density at radius 3 is 1.61 bits per heavy atom. The Morgan fingerprint density at radius 2 is 1.04 bits per heavy atom. The number of aryl methyl sites for hydroxylation is 1. The van der Waals surface area contributed by atoms with E-state index in [1.54, 1.807) is 6.08 Å². The molecule has 8 nitrogen and oxygen atoms in total. The summed E-state index contributed by atoms with van der Waals surface area (Å²) in [5.41, 5.74) is 11.7. The van der Waals surface area contributed by atoms with Crippen LogP contribution in [-0.4, -0.2) is 29.5 Å². The molecule has 6 aromatic carbocycles. The van der Waals surface area contributed by atoms with Crippen LogP contribution in [-0.2, 0) is 0 Å². The number of hydrogen-bond acceptors (Lipinski definition) is 7. The van der Waals surface area contributed by atoms with Crippen molar-refractivity contribution in [1.82, 2.24) is 29.5 Å². The van der Waals surface area contributed by atoms with E-state index in [9.17, 15) is 0 Å². The van der Waals surface area contributed by atoms with Crippen LogP contribution in [0.5, 0.6) is 0 Å². The number of oxazole rings is 2. The Labute approximate surface area is 321 Å². The van der Waals surface area contributed by atoms with Crippen molar-refractivity contribution in [1.29, 1.82) is 0 Å². The maximum absolute atomic E-state index is 6.04. The molecule has 0 bridgehead atoms. The number of allylic oxidation sites excluding steroid dienone is 2. The molecule has 8 heteroatoms. The van der Waals surface area contributed by atoms with Gasteiger partial charge in [-0.2, -0.15) is 0 Å². The topological polar surface area (TPSA) is 95.7 Å². The first kappa shape index (κ1) is 32.9. The molecule has 266 valence electrons. The van der Waals surface area contributed by atoms with Gasteiger partial charge >= 0.3 is 0 Å². The SMILES string of the molecule is C=C/C=C\c1c(C)c2ccccc2n1-c1cccc(-c2nc(-c3ccc(-c4nc5ccccc5o4)cc3)nc(-c3ccc(-c4nc5ccccc5o4)cc3)n2)c1. The molecule has 0 radical (unpaired) electrons. The maximum Gasteiger partial charge on any atom is 0.227 e. The number of aromatic nitrogens is 6. The predicted octanol–water partition coefficient (Wildman–Crippen LogP) is 11.9. The van der Waals surface area contributed by atoms with E-state index in [1.165, 1.54) is 10.9 Å². The first-order chi connectivity index (χ1) is 27.6. The van der Waals surface area contributed by atoms with Gasteiger partial charge in [0.1, 0.15) is 11.0 Å². The second-order valence-corrected chi connectivity index (χ2v) is 13.4. The van der Waals surface area contributed by atoms with Gasteiger partial charge in [0, 0.05) is 44.6 Å². The highest BCUT2D eigenvalue weighted by Gasteiger charge is 2.18. The summed E-state index contributed by atoms with van der Waals surface area (Å²) in [6.45, 7) is 6.06. The van der Waals surface area contributed by atoms with E-state index in [1.807, 2.05) is 115 Å². The van der Waals surface area contributed by atoms with E-state index in [4.69, 9.17) is 23.8 Å². The number of para-hydroxylation sites is 5. The fourth-order valence-corrected chi connectivity index (χ4v) is 7.12. The van der Waals surface area contributed by atoms with E-state index in [-0.39, 0.29) is 0 Å². The fraction of sp³-hybridized carbons (Fsp3) is 0.0208. The van der Waals surface area contributed by atoms with Crippen LogP contribution in [0.2, 0.25) is 0 Å². The quantitative estimate of drug-likeness (QED) is 0.144. The first-order valence-electron chi connectivity index (χ1n) is 18.3. The molecule has 56 heavy (non-hydrogen) atoms. The van der Waals surface area contributed by atoms with Gasteiger partial charge in [-0.1, -0.05) is 97.6 Å². The molecule has 0 aliphatic rings. The first-order valence-corrected chi connectivity index (χ1v) is 18.3. The number of nitrogens with zero attached hydrogens (tertiary/aromatic N) is 6. The van der Waals surface area contributed by atoms with Gasteiger partial charge in [0.05, 0.1) is 5.52 Å². The molecule has 0 unspecified atom stereocenters. The van der Waals surface area contributed by atoms with Gasteiger partial charge in [-0.25, -0.2) is 24.9 Å². The molecule has 4 heterocycles. The molecule has 0 N–H and O–H groups in total. The Morgan fingerprint density at radius 1 is 0.518 bits per heavy atom. The molecular formula is C48H32N6O2. The number of fused-ring (bicyclic) bond motifs is 3. The van der Waals surface area contributed by atoms with Crippen LogP contribution in [0.4, 0.5) is 0 Å². The number of hydrogen-bond donors (Lipinski definition) is 0. The van der Waals surface area contributed by atoms with E-state index in [2.05, 4.69) is 70.5 Å². The van der Waals surface area contributed by atoms with Gasteiger partial charge in [-0.3, -0.25) is 0 Å². The van der Waals surface area contributed by atoms with Crippen molar-refractivity contribution in [2.24, 2.45) is 0 Å². The van der Waals surface area contributed by atoms with Crippen molar-refractivity contribution in [3.05, 3.63) is 176 Å². The smallest absolute Gasteiger partial charge is 0.227 e. The molecule has 0 amide bonds. The second-order valence-electron chi connectivity index (χ2n) is 13.4. The summed E-state index contributed by atoms with van der Waals surface area (Å²) in [5, 5.41) is 1.19. The largest absolute Gasteiger partial charge is 0.436 e. The molecule has 4 aromatic heterocycles. The lowest BCUT2D eigenvalue weighted by molar-refractivity contribution is 0.619. The van der Waals surface area contributed by atoms with Crippen LogP contribution in [0.1, 0.15) is 11.3 Å². The second kappa shape index (κ2) is 13.6. The van der Waals surface area contributed by atoms with E-state index < -0.39 is 0 Å². The van der Waals surface area contributed by atoms with Crippen LogP contribution in [0, 0.1) is 6.92 Å². The normalized spacial score (nSPS) is 11.7. The zero-order valence-electron chi connectivity index (χ0n) is 30.3. The molecule has 0 atom stereocenters. The van der Waals surface area contributed by atoms with Crippen molar-refractivity contribution in [3.8, 4) is 62.8 Å². The minimum absolute atomic E-state index is 0.541. The Bertz CT molecular complexity index is 2910. The van der Waals surface area contributed by atoms with Crippen LogP contribution in [0.25, 0.3) is 102 Å². The molecule has 0 fully saturated rings. The van der Waals surface area contributed by atoms with Gasteiger partial charge in [0.15, 0.2) is 28.6 Å². The maximum atomic E-state index is 6.04. The number of benzene rings is 6. The Balaban J connectivity index is 1.08. The van der Waals surface area contributed by atoms with Crippen molar-refractivity contribution in [2.75, 3.05) is 0 Å². The van der Waals surface area contributed by atoms with Crippen molar-refractivity contribution in [2.45, 2.75) is 6.92 Å². The number of rotatable bonds is 8. The standard InChI is InChI=1S/C48H32N6O2/c1-3-4-17-40-30(2)37-14-5-8-18-41(37)54(40)36-13-11-12-35(29-36)46-52-44(31-21-25-33(26-22-31)47-49-38-15-6-9-19-42(38)55-47)51-45(53-46)32-23-27-34(28-24-32)48-50-39-16-7-10-20-43(39)56-48/h3-29H,1H2,2H3/b17-4-. The van der Waals surface area contributed by atoms with E-state index >= 15 is 0 Å². The molecular weight excluding hydrogens is 693 g/mol. The lowest BCUT2D eigenvalue weighted by atomic mass is 10.1. The minimum atomic E-state index is 0.541. The highest BCUT2D eigenvalue weighted by Crippen LogP contribution is 2.34. The minimum Gasteiger partial charge on any atom is -0.436 e. The molecule has 0 saturated heterocycles. The summed E-state index contributed by atoms with van der Waals surface area (Å²) in [6, 6.07) is 48.2. The summed E-state index contributed by atoms with van der Waals surface area (Å²) < 4.78 is 14.4. The Kier molecular flexibility index (Phi) is 8.00. The van der Waals surface area contributed by atoms with Gasteiger partial charge < -0.3 is 13.4 Å². The van der Waals surface area contributed by atoms with Crippen molar-refractivity contribution >= 4 is 39.2 Å². The fourth-order valence-electron chi connectivity index (χ4n) is 7.12. The predicted molar refractivity (Wildman–Crippen MR) is 223 cm³/mol. The lowest BCUT2D eigenvalue weighted by Gasteiger charge is -2.12. The Hall–Kier alpha value is -7.71. The van der Waals surface area contributed by atoms with Gasteiger partial charge in [-0.05, 0) is 85.3 Å². The van der Waals surface area contributed by atoms with E-state index in [0.717, 1.165) is 66.9 Å². The third-order valence-electron chi connectivity index (χ3n) is 9.93. The van der Waals surface area contributed by atoms with Crippen molar-refractivity contribution in [3.63, 3.8) is 0 Å². The molecule has 10 aromatic rings. The summed E-state index contributed by atoms with van der Waals surface area (Å²) in [7, 11) is 0. The zero-order chi connectivity index (χ0) is 37.6. The molecule has 0 saturated carbocycles. The van der Waals surface area contributed by atoms with Crippen LogP contribution < -0.4 is 0 Å². The van der Waals surface area contributed by atoms with Crippen LogP contribution in [0.15, 0.2) is 173 Å². The highest BCUT2D eigenvalue weighted by molar-refractivity contribution is 5.90. The monoisotopic (exact) mass is 724 g/mol. The van der Waals surface area contributed by atoms with Crippen LogP contribution in [0.3, 0.4) is 0 Å². The van der Waals surface area contributed by atoms with E-state index in [0.29, 0.717) is 29.3 Å². The third-order valence-corrected chi connectivity index (χ3v) is 9.93. The molecule has 10 rings (SSSR count). The molecule has 0 spiro atoms. The molecule has 0 aliphatic carbocycles. The summed E-state index contributed by atoms with van der Waals surface area (Å²) in [6.07, 6.45) is 5.87. The average molecular weight is 725 g/mol. The van der Waals surface area contributed by atoms with Gasteiger partial charge in [0.2, 0.25) is 11.8 Å². The zero-order valence-corrected chi connectivity index (χ0v) is 30.3. The average Bonchev–Trinajstić information content (AvgIpc) is 3.97. The third kappa shape index (κ3) is 5.86. The molecule has 0 aliphatic heterocycles. The summed E-state index contributed by atoms with van der Waals surface area (Å²) in [4.78, 5) is 24.5. The van der Waals surface area contributed by atoms with Crippen molar-refractivity contribution < 1.29 is 8.83 Å². The van der Waals surface area contributed by atoms with Gasteiger partial charge in [-0.15, -0.1) is 0 Å². The summed E-state index contributed by atoms with van der Waals surface area (Å²) >= 11 is 0. The summed E-state index contributed by atoms with van der Waals surface area (Å²) in [5.74, 6) is 2.74. The van der Waals surface area contributed by atoms with Gasteiger partial charge in [0.25, 0.3) is 0 Å². The van der Waals surface area contributed by atoms with Crippen LogP contribution >= 0.6 is 0 Å². The highest BCUT2D eigenvalue weighted by atomic mass is 16.4. The lowest BCUT2D eigenvalue weighted by Crippen LogP contribution is -2.02.